The molecule has 0 saturated heterocycles. The van der Waals surface area contributed by atoms with Crippen molar-refractivity contribution in [2.75, 3.05) is 6.61 Å². The summed E-state index contributed by atoms with van der Waals surface area (Å²) in [6.07, 6.45) is 16.5. The average Bonchev–Trinajstić information content (AvgIpc) is 3.44. The van der Waals surface area contributed by atoms with Crippen LogP contribution in [0, 0.1) is 10.1 Å². The highest BCUT2D eigenvalue weighted by Crippen LogP contribution is 2.42. The first-order valence-corrected chi connectivity index (χ1v) is 16.5. The summed E-state index contributed by atoms with van der Waals surface area (Å²) >= 11 is 0. The molecule has 1 atom stereocenters. The van der Waals surface area contributed by atoms with Crippen LogP contribution in [-0.2, 0) is 13.0 Å². The molecule has 0 radical (unpaired) electrons. The van der Waals surface area contributed by atoms with Crippen molar-refractivity contribution in [1.82, 2.24) is 0 Å². The van der Waals surface area contributed by atoms with Crippen LogP contribution in [0.25, 0.3) is 11.1 Å². The standard InChI is InChI=1S/C37H49NO5/c1-3-5-7-9-11-13-15-34-25-32-26-35(27-36(38(39)40)37(32)43-34)42-28-29-16-18-30(19-17-29)31-20-22-33(23-21-31)41-24-14-12-10-8-6-4-2/h16-23,26-27,34H,3-15,24-25,28H2,1-2H3. The highest BCUT2D eigenvalue weighted by Gasteiger charge is 2.31. The van der Waals surface area contributed by atoms with E-state index in [-0.39, 0.29) is 16.7 Å². The number of hydrogen-bond acceptors (Lipinski definition) is 5. The first kappa shape index (κ1) is 32.4. The summed E-state index contributed by atoms with van der Waals surface area (Å²) in [5.74, 6) is 1.83. The first-order chi connectivity index (χ1) is 21.1. The molecule has 6 nitrogen and oxygen atoms in total. The third-order valence-electron chi connectivity index (χ3n) is 8.24. The Morgan fingerprint density at radius 3 is 2.00 bits per heavy atom. The Morgan fingerprint density at radius 1 is 0.744 bits per heavy atom. The fourth-order valence-corrected chi connectivity index (χ4v) is 5.69. The second kappa shape index (κ2) is 17.5. The van der Waals surface area contributed by atoms with Crippen molar-refractivity contribution in [3.05, 3.63) is 81.9 Å². The second-order valence-corrected chi connectivity index (χ2v) is 11.8. The van der Waals surface area contributed by atoms with Gasteiger partial charge in [-0.25, -0.2) is 0 Å². The Labute approximate surface area is 257 Å². The molecule has 43 heavy (non-hydrogen) atoms. The zero-order chi connectivity index (χ0) is 30.3. The highest BCUT2D eigenvalue weighted by molar-refractivity contribution is 5.64. The maximum Gasteiger partial charge on any atom is 0.314 e. The van der Waals surface area contributed by atoms with E-state index in [2.05, 4.69) is 38.1 Å². The molecule has 0 saturated carbocycles. The third-order valence-corrected chi connectivity index (χ3v) is 8.24. The monoisotopic (exact) mass is 587 g/mol. The Kier molecular flexibility index (Phi) is 13.2. The molecule has 0 bridgehead atoms. The smallest absolute Gasteiger partial charge is 0.314 e. The predicted octanol–water partition coefficient (Wildman–Crippen LogP) is 10.6. The molecular weight excluding hydrogens is 538 g/mol. The van der Waals surface area contributed by atoms with E-state index < -0.39 is 0 Å². The Balaban J connectivity index is 1.25. The predicted molar refractivity (Wildman–Crippen MR) is 174 cm³/mol. The maximum absolute atomic E-state index is 11.8. The van der Waals surface area contributed by atoms with Crippen LogP contribution >= 0.6 is 0 Å². The lowest BCUT2D eigenvalue weighted by molar-refractivity contribution is -0.385. The van der Waals surface area contributed by atoms with Gasteiger partial charge in [-0.15, -0.1) is 0 Å². The maximum atomic E-state index is 11.8. The van der Waals surface area contributed by atoms with Crippen LogP contribution in [-0.4, -0.2) is 17.6 Å². The molecule has 6 heteroatoms. The van der Waals surface area contributed by atoms with Crippen LogP contribution in [0.2, 0.25) is 0 Å². The molecule has 0 fully saturated rings. The van der Waals surface area contributed by atoms with Crippen LogP contribution in [0.5, 0.6) is 17.2 Å². The summed E-state index contributed by atoms with van der Waals surface area (Å²) in [7, 11) is 0. The van der Waals surface area contributed by atoms with Crippen molar-refractivity contribution in [2.24, 2.45) is 0 Å². The Morgan fingerprint density at radius 2 is 1.35 bits per heavy atom. The highest BCUT2D eigenvalue weighted by atomic mass is 16.6. The first-order valence-electron chi connectivity index (χ1n) is 16.5. The fraction of sp³-hybridized carbons (Fsp3) is 0.514. The van der Waals surface area contributed by atoms with E-state index in [4.69, 9.17) is 14.2 Å². The van der Waals surface area contributed by atoms with Gasteiger partial charge in [0.1, 0.15) is 24.2 Å². The number of hydrogen-bond donors (Lipinski definition) is 0. The number of nitro benzene ring substituents is 1. The lowest BCUT2D eigenvalue weighted by Gasteiger charge is -2.11. The van der Waals surface area contributed by atoms with Crippen molar-refractivity contribution in [1.29, 1.82) is 0 Å². The SMILES string of the molecule is CCCCCCCCOc1ccc(-c2ccc(COc3cc4c(c([N+](=O)[O-])c3)OC(CCCCCCCC)C4)cc2)cc1. The summed E-state index contributed by atoms with van der Waals surface area (Å²) < 4.78 is 18.0. The summed E-state index contributed by atoms with van der Waals surface area (Å²) in [6, 6.07) is 19.9. The van der Waals surface area contributed by atoms with E-state index in [0.717, 1.165) is 53.9 Å². The molecule has 1 aliphatic heterocycles. The van der Waals surface area contributed by atoms with E-state index in [1.165, 1.54) is 70.3 Å². The van der Waals surface area contributed by atoms with Crippen molar-refractivity contribution in [2.45, 2.75) is 116 Å². The van der Waals surface area contributed by atoms with Gasteiger partial charge < -0.3 is 14.2 Å². The van der Waals surface area contributed by atoms with E-state index in [1.807, 2.05) is 30.3 Å². The molecule has 0 spiro atoms. The van der Waals surface area contributed by atoms with Crippen LogP contribution in [0.1, 0.15) is 108 Å². The van der Waals surface area contributed by atoms with Crippen molar-refractivity contribution < 1.29 is 19.1 Å². The van der Waals surface area contributed by atoms with Gasteiger partial charge in [-0.1, -0.05) is 114 Å². The van der Waals surface area contributed by atoms with Crippen LogP contribution < -0.4 is 14.2 Å². The lowest BCUT2D eigenvalue weighted by Crippen LogP contribution is -2.12. The van der Waals surface area contributed by atoms with Gasteiger partial charge in [0.2, 0.25) is 5.75 Å². The fourth-order valence-electron chi connectivity index (χ4n) is 5.69. The van der Waals surface area contributed by atoms with Crippen LogP contribution in [0.3, 0.4) is 0 Å². The number of ether oxygens (including phenoxy) is 3. The normalized spacial score (nSPS) is 13.9. The zero-order valence-corrected chi connectivity index (χ0v) is 26.2. The van der Waals surface area contributed by atoms with E-state index >= 15 is 0 Å². The molecule has 3 aromatic rings. The summed E-state index contributed by atoms with van der Waals surface area (Å²) in [4.78, 5) is 11.5. The van der Waals surface area contributed by atoms with Crippen molar-refractivity contribution in [3.8, 4) is 28.4 Å². The number of fused-ring (bicyclic) bond motifs is 1. The zero-order valence-electron chi connectivity index (χ0n) is 26.2. The Bertz CT molecular complexity index is 1260. The van der Waals surface area contributed by atoms with Gasteiger partial charge in [0, 0.05) is 12.0 Å². The minimum Gasteiger partial charge on any atom is -0.494 e. The van der Waals surface area contributed by atoms with Crippen molar-refractivity contribution >= 4 is 5.69 Å². The molecule has 1 aliphatic rings. The van der Waals surface area contributed by atoms with Crippen LogP contribution in [0.15, 0.2) is 60.7 Å². The molecule has 1 heterocycles. The molecular formula is C37H49NO5. The minimum absolute atomic E-state index is 0.00335. The van der Waals surface area contributed by atoms with Gasteiger partial charge in [-0.3, -0.25) is 10.1 Å². The number of unbranched alkanes of at least 4 members (excludes halogenated alkanes) is 10. The lowest BCUT2D eigenvalue weighted by atomic mass is 10.0. The molecule has 4 rings (SSSR count). The molecule has 232 valence electrons. The molecule has 1 unspecified atom stereocenters. The Hall–Kier alpha value is -3.54. The number of benzene rings is 3. The average molecular weight is 588 g/mol. The third kappa shape index (κ3) is 10.3. The topological polar surface area (TPSA) is 70.8 Å². The minimum atomic E-state index is -0.363. The van der Waals surface area contributed by atoms with Gasteiger partial charge in [-0.2, -0.15) is 0 Å². The number of nitro groups is 1. The molecule has 0 N–H and O–H groups in total. The molecule has 0 aromatic heterocycles. The molecule has 0 amide bonds. The summed E-state index contributed by atoms with van der Waals surface area (Å²) in [5.41, 5.74) is 4.11. The molecule has 0 aliphatic carbocycles. The quantitative estimate of drug-likeness (QED) is 0.0747. The van der Waals surface area contributed by atoms with Gasteiger partial charge in [0.05, 0.1) is 17.6 Å². The molecule has 3 aromatic carbocycles. The van der Waals surface area contributed by atoms with E-state index in [9.17, 15) is 10.1 Å². The van der Waals surface area contributed by atoms with Gasteiger partial charge >= 0.3 is 5.69 Å². The largest absolute Gasteiger partial charge is 0.494 e. The number of nitrogens with zero attached hydrogens (tertiary/aromatic N) is 1. The summed E-state index contributed by atoms with van der Waals surface area (Å²) in [5, 5.41) is 11.8. The second-order valence-electron chi connectivity index (χ2n) is 11.8. The number of rotatable bonds is 20. The van der Waals surface area contributed by atoms with E-state index in [0.29, 0.717) is 24.5 Å². The van der Waals surface area contributed by atoms with Gasteiger partial charge in [0.15, 0.2) is 0 Å². The summed E-state index contributed by atoms with van der Waals surface area (Å²) in [6.45, 7) is 5.56. The van der Waals surface area contributed by atoms with Gasteiger partial charge in [0.25, 0.3) is 0 Å². The van der Waals surface area contributed by atoms with E-state index in [1.54, 1.807) is 0 Å². The van der Waals surface area contributed by atoms with Crippen molar-refractivity contribution in [3.63, 3.8) is 0 Å². The van der Waals surface area contributed by atoms with Crippen LogP contribution in [0.4, 0.5) is 5.69 Å². The van der Waals surface area contributed by atoms with Gasteiger partial charge in [-0.05, 0) is 54.2 Å².